The summed E-state index contributed by atoms with van der Waals surface area (Å²) in [4.78, 5) is 14.0. The average Bonchev–Trinajstić information content (AvgIpc) is 2.94. The summed E-state index contributed by atoms with van der Waals surface area (Å²) in [6.07, 6.45) is 8.69. The summed E-state index contributed by atoms with van der Waals surface area (Å²) < 4.78 is 6.18. The van der Waals surface area contributed by atoms with Gasteiger partial charge < -0.3 is 14.7 Å². The Morgan fingerprint density at radius 3 is 2.78 bits per heavy atom. The van der Waals surface area contributed by atoms with Gasteiger partial charge in [0.2, 0.25) is 0 Å². The number of carboxylic acids is 1. The van der Waals surface area contributed by atoms with Crippen LogP contribution in [0.25, 0.3) is 0 Å². The van der Waals surface area contributed by atoms with Crippen molar-refractivity contribution in [3.8, 4) is 5.75 Å². The number of benzene rings is 2. The third-order valence-corrected chi connectivity index (χ3v) is 7.20. The zero-order chi connectivity index (χ0) is 22.5. The van der Waals surface area contributed by atoms with Crippen molar-refractivity contribution in [3.63, 3.8) is 0 Å². The van der Waals surface area contributed by atoms with Crippen LogP contribution >= 0.6 is 11.6 Å². The van der Waals surface area contributed by atoms with Gasteiger partial charge in [-0.05, 0) is 86.3 Å². The molecule has 0 amide bonds. The molecule has 4 nitrogen and oxygen atoms in total. The standard InChI is InChI=1S/C27H32ClNO3/c1-2-5-21-10-11-23(21)17-29-16-20(8-3-6-19-7-4-9-24(28)14-19)18-32-26-13-12-22(27(30)31)15-25(26)29/h2,4,7,9,12-15,20-21,23H,1,3,5-6,8,10-11,16-18H2,(H,30,31)/t20?,21-,23?/m1/s1. The number of nitrogens with zero attached hydrogens (tertiary/aromatic N) is 1. The Balaban J connectivity index is 1.47. The summed E-state index contributed by atoms with van der Waals surface area (Å²) in [5, 5.41) is 10.3. The number of carboxylic acid groups (broad SMARTS) is 1. The first kappa shape index (κ1) is 22.7. The Hall–Kier alpha value is -2.46. The first-order valence-corrected chi connectivity index (χ1v) is 12.0. The van der Waals surface area contributed by atoms with Gasteiger partial charge in [0.15, 0.2) is 0 Å². The molecule has 2 unspecified atom stereocenters. The highest BCUT2D eigenvalue weighted by Crippen LogP contribution is 2.41. The first-order valence-electron chi connectivity index (χ1n) is 11.6. The lowest BCUT2D eigenvalue weighted by atomic mass is 9.71. The quantitative estimate of drug-likeness (QED) is 0.441. The molecule has 1 saturated carbocycles. The monoisotopic (exact) mass is 453 g/mol. The fourth-order valence-electron chi connectivity index (χ4n) is 5.01. The molecule has 1 aliphatic carbocycles. The molecule has 4 rings (SSSR count). The largest absolute Gasteiger partial charge is 0.491 e. The molecule has 0 spiro atoms. The maximum absolute atomic E-state index is 11.6. The highest BCUT2D eigenvalue weighted by molar-refractivity contribution is 6.30. The zero-order valence-corrected chi connectivity index (χ0v) is 19.3. The summed E-state index contributed by atoms with van der Waals surface area (Å²) in [6, 6.07) is 13.3. The minimum absolute atomic E-state index is 0.313. The highest BCUT2D eigenvalue weighted by Gasteiger charge is 2.33. The minimum Gasteiger partial charge on any atom is -0.491 e. The van der Waals surface area contributed by atoms with Gasteiger partial charge in [-0.3, -0.25) is 0 Å². The Labute approximate surface area is 195 Å². The van der Waals surface area contributed by atoms with E-state index >= 15 is 0 Å². The van der Waals surface area contributed by atoms with Crippen molar-refractivity contribution >= 4 is 23.3 Å². The molecule has 1 aliphatic heterocycles. The average molecular weight is 454 g/mol. The number of halogens is 1. The normalized spacial score (nSPS) is 22.3. The third-order valence-electron chi connectivity index (χ3n) is 6.97. The van der Waals surface area contributed by atoms with Crippen molar-refractivity contribution in [2.24, 2.45) is 17.8 Å². The molecule has 2 aromatic rings. The van der Waals surface area contributed by atoms with E-state index in [1.165, 1.54) is 18.4 Å². The van der Waals surface area contributed by atoms with Gasteiger partial charge >= 0.3 is 5.97 Å². The van der Waals surface area contributed by atoms with Crippen LogP contribution in [-0.2, 0) is 6.42 Å². The number of rotatable bonds is 9. The minimum atomic E-state index is -0.900. The van der Waals surface area contributed by atoms with Crippen molar-refractivity contribution in [2.75, 3.05) is 24.6 Å². The summed E-state index contributed by atoms with van der Waals surface area (Å²) in [5.74, 6) is 1.60. The van der Waals surface area contributed by atoms with E-state index in [1.54, 1.807) is 12.1 Å². The number of carbonyl (C=O) groups is 1. The molecule has 32 heavy (non-hydrogen) atoms. The molecular weight excluding hydrogens is 422 g/mol. The van der Waals surface area contributed by atoms with Crippen LogP contribution in [0.1, 0.15) is 48.0 Å². The van der Waals surface area contributed by atoms with Crippen LogP contribution in [0, 0.1) is 17.8 Å². The van der Waals surface area contributed by atoms with Crippen LogP contribution in [0.2, 0.25) is 5.02 Å². The Morgan fingerprint density at radius 2 is 2.06 bits per heavy atom. The van der Waals surface area contributed by atoms with Gasteiger partial charge in [0.1, 0.15) is 5.75 Å². The fourth-order valence-corrected chi connectivity index (χ4v) is 5.22. The summed E-state index contributed by atoms with van der Waals surface area (Å²) in [7, 11) is 0. The third kappa shape index (κ3) is 5.47. The van der Waals surface area contributed by atoms with E-state index in [0.717, 1.165) is 55.2 Å². The Bertz CT molecular complexity index is 960. The highest BCUT2D eigenvalue weighted by atomic mass is 35.5. The topological polar surface area (TPSA) is 49.8 Å². The molecule has 3 atom stereocenters. The second kappa shape index (κ2) is 10.4. The second-order valence-electron chi connectivity index (χ2n) is 9.21. The van der Waals surface area contributed by atoms with Crippen LogP contribution in [0.5, 0.6) is 5.75 Å². The predicted molar refractivity (Wildman–Crippen MR) is 130 cm³/mol. The van der Waals surface area contributed by atoms with Crippen molar-refractivity contribution in [3.05, 3.63) is 71.3 Å². The number of aryl methyl sites for hydroxylation is 1. The van der Waals surface area contributed by atoms with Gasteiger partial charge in [-0.25, -0.2) is 4.79 Å². The lowest BCUT2D eigenvalue weighted by Gasteiger charge is -2.40. The molecule has 0 bridgehead atoms. The van der Waals surface area contributed by atoms with Gasteiger partial charge in [0.05, 0.1) is 17.9 Å². The van der Waals surface area contributed by atoms with Gasteiger partial charge in [0, 0.05) is 24.0 Å². The molecular formula is C27H32ClNO3. The van der Waals surface area contributed by atoms with Crippen LogP contribution in [0.4, 0.5) is 5.69 Å². The predicted octanol–water partition coefficient (Wildman–Crippen LogP) is 6.48. The van der Waals surface area contributed by atoms with Crippen LogP contribution in [0.15, 0.2) is 55.1 Å². The molecule has 1 fully saturated rings. The van der Waals surface area contributed by atoms with Crippen LogP contribution in [0.3, 0.4) is 0 Å². The van der Waals surface area contributed by atoms with Gasteiger partial charge in [-0.2, -0.15) is 0 Å². The molecule has 2 aliphatic rings. The molecule has 5 heteroatoms. The van der Waals surface area contributed by atoms with Crippen molar-refractivity contribution in [1.29, 1.82) is 0 Å². The number of aromatic carboxylic acids is 1. The van der Waals surface area contributed by atoms with E-state index in [0.29, 0.717) is 29.9 Å². The van der Waals surface area contributed by atoms with Gasteiger partial charge in [-0.1, -0.05) is 29.8 Å². The maximum Gasteiger partial charge on any atom is 0.335 e. The summed E-state index contributed by atoms with van der Waals surface area (Å²) in [6.45, 7) is 6.41. The van der Waals surface area contributed by atoms with E-state index in [2.05, 4.69) is 17.5 Å². The summed E-state index contributed by atoms with van der Waals surface area (Å²) in [5.41, 5.74) is 2.50. The molecule has 0 aromatic heterocycles. The van der Waals surface area contributed by atoms with Gasteiger partial charge in [-0.15, -0.1) is 6.58 Å². The van der Waals surface area contributed by atoms with Crippen molar-refractivity contribution < 1.29 is 14.6 Å². The van der Waals surface area contributed by atoms with E-state index in [1.807, 2.05) is 30.3 Å². The molecule has 1 heterocycles. The lowest BCUT2D eigenvalue weighted by molar-refractivity contribution is 0.0697. The lowest BCUT2D eigenvalue weighted by Crippen LogP contribution is -2.40. The molecule has 1 N–H and O–H groups in total. The van der Waals surface area contributed by atoms with Crippen molar-refractivity contribution in [2.45, 2.75) is 38.5 Å². The van der Waals surface area contributed by atoms with E-state index in [9.17, 15) is 9.90 Å². The number of ether oxygens (including phenoxy) is 1. The molecule has 2 aromatic carbocycles. The number of hydrogen-bond acceptors (Lipinski definition) is 3. The fraction of sp³-hybridized carbons (Fsp3) is 0.444. The van der Waals surface area contributed by atoms with Crippen LogP contribution < -0.4 is 9.64 Å². The molecule has 0 saturated heterocycles. The number of anilines is 1. The van der Waals surface area contributed by atoms with E-state index < -0.39 is 5.97 Å². The van der Waals surface area contributed by atoms with Gasteiger partial charge in [0.25, 0.3) is 0 Å². The number of allylic oxidation sites excluding steroid dienone is 1. The Kier molecular flexibility index (Phi) is 7.41. The maximum atomic E-state index is 11.6. The SMILES string of the molecule is C=CC[C@@H]1CCC1CN1CC(CCCc2cccc(Cl)c2)COc2ccc(C(=O)O)cc21. The summed E-state index contributed by atoms with van der Waals surface area (Å²) >= 11 is 6.13. The van der Waals surface area contributed by atoms with E-state index in [4.69, 9.17) is 16.3 Å². The van der Waals surface area contributed by atoms with Crippen molar-refractivity contribution in [1.82, 2.24) is 0 Å². The smallest absolute Gasteiger partial charge is 0.335 e. The zero-order valence-electron chi connectivity index (χ0n) is 18.5. The second-order valence-corrected chi connectivity index (χ2v) is 9.65. The number of hydrogen-bond donors (Lipinski definition) is 1. The van der Waals surface area contributed by atoms with Crippen LogP contribution in [-0.4, -0.2) is 30.8 Å². The molecule has 0 radical (unpaired) electrons. The Morgan fingerprint density at radius 1 is 1.22 bits per heavy atom. The van der Waals surface area contributed by atoms with E-state index in [-0.39, 0.29) is 0 Å². The first-order chi connectivity index (χ1) is 15.5. The number of fused-ring (bicyclic) bond motifs is 1. The molecule has 170 valence electrons.